The summed E-state index contributed by atoms with van der Waals surface area (Å²) in [6, 6.07) is 6.14. The number of hydrogen-bond donors (Lipinski definition) is 1. The minimum absolute atomic E-state index is 0. The van der Waals surface area contributed by atoms with Gasteiger partial charge in [0.15, 0.2) is 5.82 Å². The Balaban J connectivity index is 0.00000208. The van der Waals surface area contributed by atoms with Crippen LogP contribution in [0.25, 0.3) is 11.5 Å². The van der Waals surface area contributed by atoms with Gasteiger partial charge in [-0.15, -0.1) is 17.5 Å². The highest BCUT2D eigenvalue weighted by molar-refractivity contribution is 5.85. The maximum Gasteiger partial charge on any atom is 0.200 e. The van der Waals surface area contributed by atoms with Crippen LogP contribution in [0.15, 0.2) is 24.4 Å². The molecule has 7 heteroatoms. The van der Waals surface area contributed by atoms with Crippen molar-refractivity contribution in [2.45, 2.75) is 51.1 Å². The van der Waals surface area contributed by atoms with Crippen molar-refractivity contribution < 1.29 is 4.74 Å². The smallest absolute Gasteiger partial charge is 0.200 e. The first-order valence-corrected chi connectivity index (χ1v) is 8.47. The molecule has 0 amide bonds. The molecular weight excluding hydrogens is 326 g/mol. The van der Waals surface area contributed by atoms with Gasteiger partial charge >= 0.3 is 0 Å². The summed E-state index contributed by atoms with van der Waals surface area (Å²) in [6.07, 6.45) is 6.05. The third-order valence-corrected chi connectivity index (χ3v) is 4.38. The lowest BCUT2D eigenvalue weighted by atomic mass is 9.86. The van der Waals surface area contributed by atoms with E-state index in [2.05, 4.69) is 10.1 Å². The van der Waals surface area contributed by atoms with Crippen LogP contribution in [0.3, 0.4) is 0 Å². The van der Waals surface area contributed by atoms with Gasteiger partial charge in [0.25, 0.3) is 0 Å². The predicted molar refractivity (Wildman–Crippen MR) is 96.2 cm³/mol. The predicted octanol–water partition coefficient (Wildman–Crippen LogP) is 2.78. The zero-order chi connectivity index (χ0) is 16.1. The number of nitrogens with two attached hydrogens (primary N) is 1. The van der Waals surface area contributed by atoms with Crippen LogP contribution in [-0.4, -0.2) is 39.0 Å². The molecule has 0 radical (unpaired) electrons. The molecule has 2 aromatic heterocycles. The van der Waals surface area contributed by atoms with Crippen molar-refractivity contribution >= 4 is 12.4 Å². The lowest BCUT2D eigenvalue weighted by molar-refractivity contribution is 0.134. The van der Waals surface area contributed by atoms with E-state index in [-0.39, 0.29) is 12.4 Å². The maximum absolute atomic E-state index is 6.03. The highest BCUT2D eigenvalue weighted by Gasteiger charge is 2.25. The van der Waals surface area contributed by atoms with Gasteiger partial charge in [-0.25, -0.2) is 9.67 Å². The highest BCUT2D eigenvalue weighted by Crippen LogP contribution is 2.32. The summed E-state index contributed by atoms with van der Waals surface area (Å²) in [5.74, 6) is 2.19. The molecule has 0 aliphatic heterocycles. The third-order valence-electron chi connectivity index (χ3n) is 4.38. The van der Waals surface area contributed by atoms with E-state index in [1.807, 2.05) is 29.8 Å². The van der Waals surface area contributed by atoms with Crippen molar-refractivity contribution in [2.75, 3.05) is 13.2 Å². The summed E-state index contributed by atoms with van der Waals surface area (Å²) in [6.45, 7) is 4.10. The molecule has 24 heavy (non-hydrogen) atoms. The first-order chi connectivity index (χ1) is 11.3. The molecular formula is C17H26ClN5O. The molecule has 0 bridgehead atoms. The van der Waals surface area contributed by atoms with Gasteiger partial charge in [-0.2, -0.15) is 0 Å². The molecule has 2 N–H and O–H groups in total. The molecule has 0 unspecified atom stereocenters. The van der Waals surface area contributed by atoms with Crippen molar-refractivity contribution in [3.8, 4) is 11.5 Å². The first-order valence-electron chi connectivity index (χ1n) is 8.47. The molecule has 2 aromatic rings. The van der Waals surface area contributed by atoms with Crippen LogP contribution in [0.1, 0.15) is 44.3 Å². The molecule has 1 aliphatic rings. The van der Waals surface area contributed by atoms with Gasteiger partial charge in [-0.3, -0.25) is 4.98 Å². The van der Waals surface area contributed by atoms with E-state index in [1.54, 1.807) is 6.20 Å². The van der Waals surface area contributed by atoms with Crippen LogP contribution in [0.5, 0.6) is 0 Å². The van der Waals surface area contributed by atoms with E-state index >= 15 is 0 Å². The number of hydrogen-bond acceptors (Lipinski definition) is 5. The monoisotopic (exact) mass is 351 g/mol. The van der Waals surface area contributed by atoms with Crippen LogP contribution >= 0.6 is 12.4 Å². The van der Waals surface area contributed by atoms with Gasteiger partial charge in [0.1, 0.15) is 11.5 Å². The Bertz CT molecular complexity index is 611. The SMILES string of the molecule is CCOCCn1nc(-c2ccccn2)nc1C1CCC(N)CC1.Cl. The van der Waals surface area contributed by atoms with Gasteiger partial charge in [0.05, 0.1) is 13.2 Å². The molecule has 132 valence electrons. The summed E-state index contributed by atoms with van der Waals surface area (Å²) in [5.41, 5.74) is 6.85. The fourth-order valence-corrected chi connectivity index (χ4v) is 3.10. The average molecular weight is 352 g/mol. The second kappa shape index (κ2) is 9.11. The Hall–Kier alpha value is -1.50. The zero-order valence-corrected chi connectivity index (χ0v) is 14.9. The van der Waals surface area contributed by atoms with E-state index < -0.39 is 0 Å². The van der Waals surface area contributed by atoms with Gasteiger partial charge < -0.3 is 10.5 Å². The highest BCUT2D eigenvalue weighted by atomic mass is 35.5. The molecule has 1 saturated carbocycles. The summed E-state index contributed by atoms with van der Waals surface area (Å²) in [7, 11) is 0. The fourth-order valence-electron chi connectivity index (χ4n) is 3.10. The molecule has 3 rings (SSSR count). The summed E-state index contributed by atoms with van der Waals surface area (Å²) < 4.78 is 7.49. The van der Waals surface area contributed by atoms with Crippen molar-refractivity contribution in [3.05, 3.63) is 30.2 Å². The Kier molecular flexibility index (Phi) is 7.15. The van der Waals surface area contributed by atoms with Crippen molar-refractivity contribution in [1.29, 1.82) is 0 Å². The van der Waals surface area contributed by atoms with E-state index in [1.165, 1.54) is 0 Å². The second-order valence-corrected chi connectivity index (χ2v) is 6.04. The molecule has 0 spiro atoms. The van der Waals surface area contributed by atoms with Crippen molar-refractivity contribution in [1.82, 2.24) is 19.7 Å². The summed E-state index contributed by atoms with van der Waals surface area (Å²) >= 11 is 0. The zero-order valence-electron chi connectivity index (χ0n) is 14.1. The third kappa shape index (κ3) is 4.53. The van der Waals surface area contributed by atoms with Crippen LogP contribution in [-0.2, 0) is 11.3 Å². The fraction of sp³-hybridized carbons (Fsp3) is 0.588. The lowest BCUT2D eigenvalue weighted by Gasteiger charge is -2.25. The van der Waals surface area contributed by atoms with Crippen molar-refractivity contribution in [3.63, 3.8) is 0 Å². The van der Waals surface area contributed by atoms with Gasteiger partial charge in [-0.05, 0) is 44.7 Å². The van der Waals surface area contributed by atoms with Gasteiger partial charge in [-0.1, -0.05) is 6.07 Å². The topological polar surface area (TPSA) is 78.8 Å². The largest absolute Gasteiger partial charge is 0.380 e. The van der Waals surface area contributed by atoms with Gasteiger partial charge in [0, 0.05) is 24.8 Å². The Labute approximate surface area is 149 Å². The molecule has 0 atom stereocenters. The summed E-state index contributed by atoms with van der Waals surface area (Å²) in [4.78, 5) is 9.17. The van der Waals surface area contributed by atoms with E-state index in [0.717, 1.165) is 50.4 Å². The number of nitrogens with zero attached hydrogens (tertiary/aromatic N) is 4. The van der Waals surface area contributed by atoms with Crippen LogP contribution in [0.4, 0.5) is 0 Å². The first kappa shape index (κ1) is 18.8. The quantitative estimate of drug-likeness (QED) is 0.809. The van der Waals surface area contributed by atoms with E-state index in [4.69, 9.17) is 15.5 Å². The number of pyridine rings is 1. The Morgan fingerprint density at radius 1 is 1.25 bits per heavy atom. The molecule has 6 nitrogen and oxygen atoms in total. The minimum atomic E-state index is 0. The van der Waals surface area contributed by atoms with Crippen LogP contribution < -0.4 is 5.73 Å². The molecule has 1 fully saturated rings. The Morgan fingerprint density at radius 2 is 2.04 bits per heavy atom. The lowest BCUT2D eigenvalue weighted by Crippen LogP contribution is -2.27. The minimum Gasteiger partial charge on any atom is -0.380 e. The number of ether oxygens (including phenoxy) is 1. The van der Waals surface area contributed by atoms with E-state index in [0.29, 0.717) is 24.4 Å². The second-order valence-electron chi connectivity index (χ2n) is 6.04. The van der Waals surface area contributed by atoms with Crippen molar-refractivity contribution in [2.24, 2.45) is 5.73 Å². The number of aromatic nitrogens is 4. The van der Waals surface area contributed by atoms with Crippen LogP contribution in [0, 0.1) is 0 Å². The molecule has 0 aromatic carbocycles. The summed E-state index contributed by atoms with van der Waals surface area (Å²) in [5, 5.41) is 4.68. The van der Waals surface area contributed by atoms with Gasteiger partial charge in [0.2, 0.25) is 0 Å². The standard InChI is InChI=1S/C17H25N5O.ClH/c1-2-23-12-11-22-17(13-6-8-14(18)9-7-13)20-16(21-22)15-5-3-4-10-19-15;/h3-5,10,13-14H,2,6-9,11-12,18H2,1H3;1H. The maximum atomic E-state index is 6.03. The molecule has 1 aliphatic carbocycles. The number of rotatable bonds is 6. The molecule has 0 saturated heterocycles. The number of halogens is 1. The van der Waals surface area contributed by atoms with E-state index in [9.17, 15) is 0 Å². The normalized spacial score (nSPS) is 20.6. The van der Waals surface area contributed by atoms with Crippen LogP contribution in [0.2, 0.25) is 0 Å². The average Bonchev–Trinajstić information content (AvgIpc) is 3.01. The Morgan fingerprint density at radius 3 is 2.71 bits per heavy atom. The molecule has 2 heterocycles.